The first-order chi connectivity index (χ1) is 9.61. The molecule has 2 atom stereocenters. The van der Waals surface area contributed by atoms with E-state index in [9.17, 15) is 4.79 Å². The van der Waals surface area contributed by atoms with Crippen molar-refractivity contribution in [3.8, 4) is 0 Å². The predicted octanol–water partition coefficient (Wildman–Crippen LogP) is 4.28. The molecule has 1 heterocycles. The molecule has 0 radical (unpaired) electrons. The Morgan fingerprint density at radius 3 is 2.90 bits per heavy atom. The van der Waals surface area contributed by atoms with Gasteiger partial charge in [0.2, 0.25) is 5.91 Å². The smallest absolute Gasteiger partial charge is 0.246 e. The third kappa shape index (κ3) is 3.74. The highest BCUT2D eigenvalue weighted by Gasteiger charge is 2.31. The molecule has 2 unspecified atom stereocenters. The zero-order chi connectivity index (χ0) is 14.5. The van der Waals surface area contributed by atoms with E-state index in [1.165, 1.54) is 25.7 Å². The van der Waals surface area contributed by atoms with Crippen LogP contribution >= 0.6 is 11.6 Å². The van der Waals surface area contributed by atoms with E-state index in [0.717, 1.165) is 17.7 Å². The molecule has 1 aromatic carbocycles. The maximum Gasteiger partial charge on any atom is 0.246 e. The number of carbonyl (C=O) groups excluding carboxylic acids is 1. The van der Waals surface area contributed by atoms with E-state index in [1.54, 1.807) is 6.07 Å². The minimum atomic E-state index is -0.273. The van der Waals surface area contributed by atoms with Gasteiger partial charge in [-0.05, 0) is 31.5 Å². The van der Waals surface area contributed by atoms with E-state index < -0.39 is 0 Å². The van der Waals surface area contributed by atoms with Gasteiger partial charge >= 0.3 is 0 Å². The molecular formula is C16H23ClN2O. The van der Waals surface area contributed by atoms with Gasteiger partial charge in [0.05, 0.1) is 0 Å². The first-order valence-corrected chi connectivity index (χ1v) is 7.86. The van der Waals surface area contributed by atoms with Crippen molar-refractivity contribution in [2.45, 2.75) is 58.0 Å². The molecule has 0 saturated carbocycles. The van der Waals surface area contributed by atoms with Crippen LogP contribution in [0.15, 0.2) is 18.2 Å². The Morgan fingerprint density at radius 1 is 1.35 bits per heavy atom. The minimum Gasteiger partial charge on any atom is -0.324 e. The van der Waals surface area contributed by atoms with E-state index in [2.05, 4.69) is 24.5 Å². The Morgan fingerprint density at radius 2 is 2.15 bits per heavy atom. The van der Waals surface area contributed by atoms with Crippen molar-refractivity contribution in [3.05, 3.63) is 28.8 Å². The summed E-state index contributed by atoms with van der Waals surface area (Å²) in [5.41, 5.74) is 1.83. The molecule has 110 valence electrons. The van der Waals surface area contributed by atoms with Gasteiger partial charge in [0, 0.05) is 22.3 Å². The van der Waals surface area contributed by atoms with Crippen LogP contribution in [0, 0.1) is 0 Å². The number of nitrogens with one attached hydrogen (secondary N) is 2. The first kappa shape index (κ1) is 15.3. The summed E-state index contributed by atoms with van der Waals surface area (Å²) >= 11 is 6.02. The van der Waals surface area contributed by atoms with Crippen LogP contribution in [0.3, 0.4) is 0 Å². The van der Waals surface area contributed by atoms with E-state index in [1.807, 2.05) is 12.1 Å². The number of carbonyl (C=O) groups is 1. The molecule has 1 aliphatic rings. The van der Waals surface area contributed by atoms with Gasteiger partial charge in [-0.1, -0.05) is 44.2 Å². The lowest BCUT2D eigenvalue weighted by atomic mass is 10.0. The average Bonchev–Trinajstić information content (AvgIpc) is 2.71. The lowest BCUT2D eigenvalue weighted by Gasteiger charge is -2.18. The molecule has 0 aliphatic carbocycles. The van der Waals surface area contributed by atoms with Crippen LogP contribution in [0.2, 0.25) is 5.02 Å². The highest BCUT2D eigenvalue weighted by molar-refractivity contribution is 6.31. The Kier molecular flexibility index (Phi) is 5.44. The van der Waals surface area contributed by atoms with E-state index in [0.29, 0.717) is 11.1 Å². The molecule has 2 rings (SSSR count). The van der Waals surface area contributed by atoms with Gasteiger partial charge in [-0.25, -0.2) is 0 Å². The second kappa shape index (κ2) is 7.09. The SMILES string of the molecule is CCCCCCC(C)NC1C(=O)Nc2ccc(Cl)cc21. The molecular weight excluding hydrogens is 272 g/mol. The van der Waals surface area contributed by atoms with Crippen molar-refractivity contribution < 1.29 is 4.79 Å². The number of unbranched alkanes of at least 4 members (excludes halogenated alkanes) is 3. The fraction of sp³-hybridized carbons (Fsp3) is 0.562. The monoisotopic (exact) mass is 294 g/mol. The quantitative estimate of drug-likeness (QED) is 0.737. The van der Waals surface area contributed by atoms with Gasteiger partial charge in [0.15, 0.2) is 0 Å². The Labute approximate surface area is 126 Å². The maximum atomic E-state index is 12.0. The molecule has 0 bridgehead atoms. The highest BCUT2D eigenvalue weighted by Crippen LogP contribution is 2.33. The van der Waals surface area contributed by atoms with Gasteiger partial charge in [-0.3, -0.25) is 10.1 Å². The average molecular weight is 295 g/mol. The summed E-state index contributed by atoms with van der Waals surface area (Å²) in [5, 5.41) is 6.98. The van der Waals surface area contributed by atoms with Crippen molar-refractivity contribution in [1.29, 1.82) is 0 Å². The topological polar surface area (TPSA) is 41.1 Å². The van der Waals surface area contributed by atoms with Crippen LogP contribution in [-0.4, -0.2) is 11.9 Å². The molecule has 4 heteroatoms. The Balaban J connectivity index is 1.93. The summed E-state index contributed by atoms with van der Waals surface area (Å²) in [4.78, 5) is 12.0. The molecule has 1 aromatic rings. The first-order valence-electron chi connectivity index (χ1n) is 7.48. The van der Waals surface area contributed by atoms with Crippen LogP contribution in [0.5, 0.6) is 0 Å². The zero-order valence-corrected chi connectivity index (χ0v) is 13.0. The summed E-state index contributed by atoms with van der Waals surface area (Å²) in [7, 11) is 0. The number of fused-ring (bicyclic) bond motifs is 1. The summed E-state index contributed by atoms with van der Waals surface area (Å²) < 4.78 is 0. The maximum absolute atomic E-state index is 12.0. The van der Waals surface area contributed by atoms with Crippen molar-refractivity contribution in [3.63, 3.8) is 0 Å². The van der Waals surface area contributed by atoms with Crippen LogP contribution < -0.4 is 10.6 Å². The largest absolute Gasteiger partial charge is 0.324 e. The van der Waals surface area contributed by atoms with E-state index >= 15 is 0 Å². The molecule has 0 saturated heterocycles. The van der Waals surface area contributed by atoms with Gasteiger partial charge in [-0.2, -0.15) is 0 Å². The molecule has 20 heavy (non-hydrogen) atoms. The van der Waals surface area contributed by atoms with Crippen LogP contribution in [-0.2, 0) is 4.79 Å². The summed E-state index contributed by atoms with van der Waals surface area (Å²) in [6, 6.07) is 5.59. The van der Waals surface area contributed by atoms with E-state index in [-0.39, 0.29) is 11.9 Å². The summed E-state index contributed by atoms with van der Waals surface area (Å²) in [5.74, 6) is 0.0164. The van der Waals surface area contributed by atoms with Crippen molar-refractivity contribution >= 4 is 23.2 Å². The molecule has 1 aliphatic heterocycles. The molecule has 0 fully saturated rings. The molecule has 1 amide bonds. The lowest BCUT2D eigenvalue weighted by molar-refractivity contribution is -0.117. The fourth-order valence-electron chi connectivity index (χ4n) is 2.64. The number of hydrogen-bond donors (Lipinski definition) is 2. The number of amides is 1. The number of halogens is 1. The second-order valence-electron chi connectivity index (χ2n) is 5.57. The zero-order valence-electron chi connectivity index (χ0n) is 12.2. The van der Waals surface area contributed by atoms with Crippen molar-refractivity contribution in [2.24, 2.45) is 0 Å². The summed E-state index contributed by atoms with van der Waals surface area (Å²) in [6.07, 6.45) is 6.11. The van der Waals surface area contributed by atoms with Crippen molar-refractivity contribution in [2.75, 3.05) is 5.32 Å². The predicted molar refractivity (Wildman–Crippen MR) is 84.2 cm³/mol. The van der Waals surface area contributed by atoms with Crippen LogP contribution in [0.4, 0.5) is 5.69 Å². The number of anilines is 1. The third-order valence-corrected chi connectivity index (χ3v) is 4.02. The minimum absolute atomic E-state index is 0.0164. The molecule has 0 spiro atoms. The van der Waals surface area contributed by atoms with Crippen molar-refractivity contribution in [1.82, 2.24) is 5.32 Å². The Hall–Kier alpha value is -1.06. The van der Waals surface area contributed by atoms with Crippen LogP contribution in [0.1, 0.15) is 57.6 Å². The van der Waals surface area contributed by atoms with Gasteiger partial charge in [-0.15, -0.1) is 0 Å². The molecule has 2 N–H and O–H groups in total. The number of benzene rings is 1. The normalized spacial score (nSPS) is 18.8. The standard InChI is InChI=1S/C16H23ClN2O/c1-3-4-5-6-7-11(2)18-15-13-10-12(17)8-9-14(13)19-16(15)20/h8-11,15,18H,3-7H2,1-2H3,(H,19,20). The fourth-order valence-corrected chi connectivity index (χ4v) is 2.82. The third-order valence-electron chi connectivity index (χ3n) is 3.79. The Bertz CT molecular complexity index is 476. The van der Waals surface area contributed by atoms with Gasteiger partial charge < -0.3 is 5.32 Å². The highest BCUT2D eigenvalue weighted by atomic mass is 35.5. The number of hydrogen-bond acceptors (Lipinski definition) is 2. The van der Waals surface area contributed by atoms with Gasteiger partial charge in [0.25, 0.3) is 0 Å². The summed E-state index contributed by atoms with van der Waals surface area (Å²) in [6.45, 7) is 4.35. The second-order valence-corrected chi connectivity index (χ2v) is 6.01. The van der Waals surface area contributed by atoms with Crippen LogP contribution in [0.25, 0.3) is 0 Å². The number of rotatable bonds is 7. The van der Waals surface area contributed by atoms with E-state index in [4.69, 9.17) is 11.6 Å². The molecule has 3 nitrogen and oxygen atoms in total. The lowest BCUT2D eigenvalue weighted by Crippen LogP contribution is -2.34. The molecule has 0 aromatic heterocycles. The van der Waals surface area contributed by atoms with Gasteiger partial charge in [0.1, 0.15) is 6.04 Å².